The van der Waals surface area contributed by atoms with E-state index in [1.807, 2.05) is 0 Å². The highest BCUT2D eigenvalue weighted by Crippen LogP contribution is 2.36. The van der Waals surface area contributed by atoms with Crippen molar-refractivity contribution in [3.05, 3.63) is 0 Å². The van der Waals surface area contributed by atoms with E-state index in [9.17, 15) is 20.1 Å². The Bertz CT molecular complexity index is 307. The maximum atomic E-state index is 11.1. The Morgan fingerprint density at radius 3 is 2.35 bits per heavy atom. The van der Waals surface area contributed by atoms with Crippen molar-refractivity contribution in [3.63, 3.8) is 0 Å². The Kier molecular flexibility index (Phi) is 3.80. The van der Waals surface area contributed by atoms with Gasteiger partial charge in [-0.05, 0) is 13.8 Å². The fourth-order valence-electron chi connectivity index (χ4n) is 2.01. The zero-order valence-electron chi connectivity index (χ0n) is 10.0. The summed E-state index contributed by atoms with van der Waals surface area (Å²) >= 11 is 0. The molecule has 100 valence electrons. The van der Waals surface area contributed by atoms with E-state index in [2.05, 4.69) is 5.32 Å². The number of carbonyl (C=O) groups is 1. The Morgan fingerprint density at radius 1 is 1.41 bits per heavy atom. The second kappa shape index (κ2) is 4.51. The van der Waals surface area contributed by atoms with Crippen LogP contribution in [0.3, 0.4) is 0 Å². The Morgan fingerprint density at radius 2 is 1.94 bits per heavy atom. The van der Waals surface area contributed by atoms with Crippen molar-refractivity contribution in [2.45, 2.75) is 50.4 Å². The average Bonchev–Trinajstić information content (AvgIpc) is 2.20. The molecule has 0 spiro atoms. The first kappa shape index (κ1) is 14.3. The number of amides is 1. The third-order valence-corrected chi connectivity index (χ3v) is 3.26. The Balaban J connectivity index is 3.07. The number of rotatable bonds is 2. The molecule has 0 aromatic carbocycles. The summed E-state index contributed by atoms with van der Waals surface area (Å²) in [5, 5.41) is 41.1. The summed E-state index contributed by atoms with van der Waals surface area (Å²) in [6.07, 6.45) is -3.98. The van der Waals surface area contributed by atoms with Gasteiger partial charge in [-0.2, -0.15) is 0 Å². The maximum Gasteiger partial charge on any atom is 0.217 e. The molecule has 0 saturated carbocycles. The van der Waals surface area contributed by atoms with Crippen LogP contribution in [0.5, 0.6) is 0 Å². The molecule has 5 atom stereocenters. The second-order valence-electron chi connectivity index (χ2n) is 4.64. The summed E-state index contributed by atoms with van der Waals surface area (Å²) < 4.78 is 5.10. The summed E-state index contributed by atoms with van der Waals surface area (Å²) in [5.41, 5.74) is -1.57. The fraction of sp³-hybridized carbons (Fsp3) is 0.900. The standard InChI is InChI=1S/C10H19NO6/c1-5(13)11-9(2)8(15)7(14)6(4-12)17-10(9,3)16/h6-8,12,14-16H,4H2,1-3H3,(H,11,13)/t6-,7-,8+,9-,10?/m1/s1. The minimum atomic E-state index is -1.91. The highest BCUT2D eigenvalue weighted by molar-refractivity contribution is 5.74. The van der Waals surface area contributed by atoms with Crippen LogP contribution in [-0.4, -0.2) is 62.6 Å². The van der Waals surface area contributed by atoms with Gasteiger partial charge in [0.1, 0.15) is 23.9 Å². The van der Waals surface area contributed by atoms with Crippen LogP contribution in [-0.2, 0) is 9.53 Å². The first-order valence-corrected chi connectivity index (χ1v) is 5.31. The first-order chi connectivity index (χ1) is 7.65. The van der Waals surface area contributed by atoms with Gasteiger partial charge in [-0.25, -0.2) is 0 Å². The van der Waals surface area contributed by atoms with Gasteiger partial charge >= 0.3 is 0 Å². The number of hydrogen-bond donors (Lipinski definition) is 5. The molecule has 1 aliphatic rings. The lowest BCUT2D eigenvalue weighted by atomic mass is 9.78. The van der Waals surface area contributed by atoms with E-state index in [-0.39, 0.29) is 0 Å². The van der Waals surface area contributed by atoms with E-state index in [0.29, 0.717) is 0 Å². The molecule has 0 bridgehead atoms. The molecular weight excluding hydrogens is 230 g/mol. The molecule has 17 heavy (non-hydrogen) atoms. The number of aliphatic hydroxyl groups is 4. The number of hydrogen-bond acceptors (Lipinski definition) is 6. The SMILES string of the molecule is CC(=O)N[C@]1(C)[C@@H](O)[C@H](O)[C@@H](CO)OC1(C)O. The molecule has 1 saturated heterocycles. The van der Waals surface area contributed by atoms with Crippen LogP contribution in [0.2, 0.25) is 0 Å². The lowest BCUT2D eigenvalue weighted by Gasteiger charge is -2.53. The van der Waals surface area contributed by atoms with E-state index >= 15 is 0 Å². The first-order valence-electron chi connectivity index (χ1n) is 5.31. The van der Waals surface area contributed by atoms with Crippen LogP contribution in [0.15, 0.2) is 0 Å². The van der Waals surface area contributed by atoms with E-state index in [4.69, 9.17) is 9.84 Å². The second-order valence-corrected chi connectivity index (χ2v) is 4.64. The highest BCUT2D eigenvalue weighted by Gasteiger charge is 2.59. The monoisotopic (exact) mass is 249 g/mol. The van der Waals surface area contributed by atoms with Gasteiger partial charge in [0.15, 0.2) is 5.79 Å². The predicted octanol–water partition coefficient (Wildman–Crippen LogP) is -2.30. The maximum absolute atomic E-state index is 11.1. The van der Waals surface area contributed by atoms with Crippen molar-refractivity contribution in [3.8, 4) is 0 Å². The summed E-state index contributed by atoms with van der Waals surface area (Å²) in [7, 11) is 0. The molecule has 7 heteroatoms. The molecule has 1 aliphatic heterocycles. The molecule has 7 nitrogen and oxygen atoms in total. The number of carbonyl (C=O) groups excluding carboxylic acids is 1. The topological polar surface area (TPSA) is 119 Å². The van der Waals surface area contributed by atoms with Crippen LogP contribution in [0, 0.1) is 0 Å². The van der Waals surface area contributed by atoms with E-state index in [0.717, 1.165) is 0 Å². The van der Waals surface area contributed by atoms with Gasteiger partial charge in [-0.1, -0.05) is 0 Å². The van der Waals surface area contributed by atoms with Crippen LogP contribution in [0.4, 0.5) is 0 Å². The molecule has 0 aromatic rings. The molecule has 1 rings (SSSR count). The molecule has 1 unspecified atom stereocenters. The van der Waals surface area contributed by atoms with Gasteiger partial charge in [0, 0.05) is 6.92 Å². The molecule has 0 aliphatic carbocycles. The van der Waals surface area contributed by atoms with Gasteiger partial charge in [-0.15, -0.1) is 0 Å². The third kappa shape index (κ3) is 2.29. The minimum Gasteiger partial charge on any atom is -0.394 e. The van der Waals surface area contributed by atoms with Gasteiger partial charge in [0.25, 0.3) is 0 Å². The molecule has 5 N–H and O–H groups in total. The predicted molar refractivity (Wildman–Crippen MR) is 56.8 cm³/mol. The molecule has 0 radical (unpaired) electrons. The van der Waals surface area contributed by atoms with Crippen LogP contribution >= 0.6 is 0 Å². The number of ether oxygens (including phenoxy) is 1. The number of nitrogens with one attached hydrogen (secondary N) is 1. The Labute approximate surface area is 99.0 Å². The van der Waals surface area contributed by atoms with Crippen molar-refractivity contribution in [2.75, 3.05) is 6.61 Å². The van der Waals surface area contributed by atoms with Crippen LogP contribution in [0.25, 0.3) is 0 Å². The zero-order valence-corrected chi connectivity index (χ0v) is 10.0. The van der Waals surface area contributed by atoms with E-state index < -0.39 is 42.2 Å². The third-order valence-electron chi connectivity index (χ3n) is 3.26. The van der Waals surface area contributed by atoms with Crippen LogP contribution in [0.1, 0.15) is 20.8 Å². The lowest BCUT2D eigenvalue weighted by molar-refractivity contribution is -0.335. The van der Waals surface area contributed by atoms with Crippen molar-refractivity contribution in [1.29, 1.82) is 0 Å². The smallest absolute Gasteiger partial charge is 0.217 e. The van der Waals surface area contributed by atoms with Crippen LogP contribution < -0.4 is 5.32 Å². The molecular formula is C10H19NO6. The van der Waals surface area contributed by atoms with Gasteiger partial charge < -0.3 is 30.5 Å². The normalized spacial score (nSPS) is 46.6. The van der Waals surface area contributed by atoms with Crippen molar-refractivity contribution < 1.29 is 30.0 Å². The van der Waals surface area contributed by atoms with Crippen molar-refractivity contribution >= 4 is 5.91 Å². The summed E-state index contributed by atoms with van der Waals surface area (Å²) in [6.45, 7) is 3.28. The molecule has 1 amide bonds. The van der Waals surface area contributed by atoms with Crippen molar-refractivity contribution in [2.24, 2.45) is 0 Å². The fourth-order valence-corrected chi connectivity index (χ4v) is 2.01. The molecule has 1 fully saturated rings. The van der Waals surface area contributed by atoms with Gasteiger partial charge in [-0.3, -0.25) is 4.79 Å². The van der Waals surface area contributed by atoms with E-state index in [1.165, 1.54) is 20.8 Å². The van der Waals surface area contributed by atoms with Crippen molar-refractivity contribution in [1.82, 2.24) is 5.32 Å². The summed E-state index contributed by atoms with van der Waals surface area (Å²) in [6, 6.07) is 0. The average molecular weight is 249 g/mol. The summed E-state index contributed by atoms with van der Waals surface area (Å²) in [5.74, 6) is -2.39. The number of aliphatic hydroxyl groups excluding tert-OH is 3. The zero-order chi connectivity index (χ0) is 13.4. The Hall–Kier alpha value is -0.730. The van der Waals surface area contributed by atoms with Gasteiger partial charge in [0.2, 0.25) is 5.91 Å². The summed E-state index contributed by atoms with van der Waals surface area (Å²) in [4.78, 5) is 11.1. The van der Waals surface area contributed by atoms with Gasteiger partial charge in [0.05, 0.1) is 6.61 Å². The van der Waals surface area contributed by atoms with E-state index in [1.54, 1.807) is 0 Å². The molecule has 1 heterocycles. The quantitative estimate of drug-likeness (QED) is 0.375. The molecule has 0 aromatic heterocycles. The lowest BCUT2D eigenvalue weighted by Crippen LogP contribution is -2.76. The highest BCUT2D eigenvalue weighted by atomic mass is 16.6. The largest absolute Gasteiger partial charge is 0.394 e. The minimum absolute atomic E-state index is 0.481.